The third-order valence-electron chi connectivity index (χ3n) is 2.94. The minimum Gasteiger partial charge on any atom is -0.392 e. The molecule has 0 spiro atoms. The number of hydrogen-bond acceptors (Lipinski definition) is 3. The minimum atomic E-state index is -0.308. The fraction of sp³-hybridized carbons (Fsp3) is 1.00. The van der Waals surface area contributed by atoms with Crippen LogP contribution in [0.2, 0.25) is 0 Å². The maximum absolute atomic E-state index is 9.79. The average molecular weight is 215 g/mol. The smallest absolute Gasteiger partial charge is 0.0693 e. The van der Waals surface area contributed by atoms with E-state index in [1.165, 1.54) is 0 Å². The van der Waals surface area contributed by atoms with Crippen molar-refractivity contribution >= 4 is 0 Å². The van der Waals surface area contributed by atoms with Gasteiger partial charge in [0.25, 0.3) is 0 Å². The van der Waals surface area contributed by atoms with Crippen molar-refractivity contribution in [2.45, 2.75) is 64.7 Å². The molecule has 0 heterocycles. The number of aliphatic hydroxyl groups excluding tert-OH is 2. The van der Waals surface area contributed by atoms with Crippen LogP contribution >= 0.6 is 0 Å². The van der Waals surface area contributed by atoms with Crippen molar-refractivity contribution in [1.82, 2.24) is 5.32 Å². The first-order valence-corrected chi connectivity index (χ1v) is 5.98. The van der Waals surface area contributed by atoms with E-state index in [2.05, 4.69) is 26.1 Å². The molecule has 1 saturated carbocycles. The summed E-state index contributed by atoms with van der Waals surface area (Å²) in [6.07, 6.45) is 3.29. The van der Waals surface area contributed by atoms with Gasteiger partial charge in [0.2, 0.25) is 0 Å². The van der Waals surface area contributed by atoms with Crippen LogP contribution in [0.25, 0.3) is 0 Å². The molecule has 0 bridgehead atoms. The van der Waals surface area contributed by atoms with Crippen molar-refractivity contribution in [3.63, 3.8) is 0 Å². The van der Waals surface area contributed by atoms with E-state index in [1.807, 2.05) is 0 Å². The van der Waals surface area contributed by atoms with Crippen LogP contribution < -0.4 is 5.32 Å². The number of rotatable bonds is 4. The maximum Gasteiger partial charge on any atom is 0.0693 e. The summed E-state index contributed by atoms with van der Waals surface area (Å²) in [5.74, 6) is 0. The summed E-state index contributed by atoms with van der Waals surface area (Å²) in [7, 11) is 0. The molecule has 90 valence electrons. The van der Waals surface area contributed by atoms with Gasteiger partial charge in [0, 0.05) is 12.6 Å². The monoisotopic (exact) mass is 215 g/mol. The van der Waals surface area contributed by atoms with Crippen LogP contribution in [0.15, 0.2) is 0 Å². The summed E-state index contributed by atoms with van der Waals surface area (Å²) < 4.78 is 0. The molecular formula is C12H25NO2. The van der Waals surface area contributed by atoms with E-state index >= 15 is 0 Å². The van der Waals surface area contributed by atoms with Gasteiger partial charge in [-0.15, -0.1) is 0 Å². The first-order chi connectivity index (χ1) is 6.88. The van der Waals surface area contributed by atoms with Crippen LogP contribution in [0.4, 0.5) is 0 Å². The Balaban J connectivity index is 2.19. The lowest BCUT2D eigenvalue weighted by Gasteiger charge is -2.24. The maximum atomic E-state index is 9.79. The second-order valence-electron chi connectivity index (χ2n) is 5.93. The Labute approximate surface area is 92.9 Å². The molecule has 1 aliphatic carbocycles. The van der Waals surface area contributed by atoms with Crippen LogP contribution in [-0.2, 0) is 0 Å². The summed E-state index contributed by atoms with van der Waals surface area (Å²) in [5.41, 5.74) is 0.162. The highest BCUT2D eigenvalue weighted by atomic mass is 16.3. The fourth-order valence-corrected chi connectivity index (χ4v) is 2.25. The van der Waals surface area contributed by atoms with E-state index in [1.54, 1.807) is 0 Å². The third kappa shape index (κ3) is 4.96. The van der Waals surface area contributed by atoms with E-state index in [0.29, 0.717) is 6.54 Å². The quantitative estimate of drug-likeness (QED) is 0.662. The molecule has 0 radical (unpaired) electrons. The number of hydrogen-bond donors (Lipinski definition) is 3. The highest BCUT2D eigenvalue weighted by Crippen LogP contribution is 2.22. The summed E-state index contributed by atoms with van der Waals surface area (Å²) in [4.78, 5) is 0. The predicted octanol–water partition coefficient (Wildman–Crippen LogP) is 1.29. The molecule has 3 atom stereocenters. The van der Waals surface area contributed by atoms with E-state index in [9.17, 15) is 10.2 Å². The molecule has 0 amide bonds. The fourth-order valence-electron chi connectivity index (χ4n) is 2.25. The van der Waals surface area contributed by atoms with Gasteiger partial charge in [0.1, 0.15) is 0 Å². The first kappa shape index (κ1) is 12.9. The molecule has 3 heteroatoms. The van der Waals surface area contributed by atoms with Gasteiger partial charge >= 0.3 is 0 Å². The van der Waals surface area contributed by atoms with Crippen LogP contribution in [0, 0.1) is 5.41 Å². The summed E-state index contributed by atoms with van der Waals surface area (Å²) in [6, 6.07) is 0.194. The van der Waals surface area contributed by atoms with Gasteiger partial charge in [-0.25, -0.2) is 0 Å². The normalized spacial score (nSPS) is 29.4. The second-order valence-corrected chi connectivity index (χ2v) is 5.93. The van der Waals surface area contributed by atoms with Gasteiger partial charge in [-0.3, -0.25) is 0 Å². The lowest BCUT2D eigenvalue weighted by atomic mass is 9.89. The molecule has 1 aliphatic rings. The van der Waals surface area contributed by atoms with Crippen LogP contribution in [0.1, 0.15) is 46.5 Å². The average Bonchev–Trinajstić information content (AvgIpc) is 2.44. The Morgan fingerprint density at radius 2 is 2.00 bits per heavy atom. The summed E-state index contributed by atoms with van der Waals surface area (Å²) >= 11 is 0. The van der Waals surface area contributed by atoms with E-state index in [-0.39, 0.29) is 23.7 Å². The Morgan fingerprint density at radius 3 is 2.47 bits per heavy atom. The Hall–Kier alpha value is -0.120. The molecule has 3 N–H and O–H groups in total. The van der Waals surface area contributed by atoms with Gasteiger partial charge in [-0.2, -0.15) is 0 Å². The van der Waals surface area contributed by atoms with Crippen molar-refractivity contribution in [1.29, 1.82) is 0 Å². The topological polar surface area (TPSA) is 52.5 Å². The Morgan fingerprint density at radius 1 is 1.33 bits per heavy atom. The molecule has 0 aliphatic heterocycles. The van der Waals surface area contributed by atoms with Crippen molar-refractivity contribution < 1.29 is 10.2 Å². The Bertz CT molecular complexity index is 189. The van der Waals surface area contributed by atoms with Crippen LogP contribution in [0.5, 0.6) is 0 Å². The highest BCUT2D eigenvalue weighted by Gasteiger charge is 2.25. The predicted molar refractivity (Wildman–Crippen MR) is 61.7 cm³/mol. The van der Waals surface area contributed by atoms with Crippen molar-refractivity contribution in [2.75, 3.05) is 6.54 Å². The lowest BCUT2D eigenvalue weighted by molar-refractivity contribution is 0.101. The number of aliphatic hydroxyl groups is 2. The van der Waals surface area contributed by atoms with E-state index in [0.717, 1.165) is 25.7 Å². The molecule has 1 rings (SSSR count). The second kappa shape index (κ2) is 5.28. The largest absolute Gasteiger partial charge is 0.392 e. The summed E-state index contributed by atoms with van der Waals surface area (Å²) in [6.45, 7) is 6.97. The zero-order chi connectivity index (χ0) is 11.5. The van der Waals surface area contributed by atoms with Crippen molar-refractivity contribution in [3.05, 3.63) is 0 Å². The molecule has 0 aromatic rings. The molecule has 15 heavy (non-hydrogen) atoms. The minimum absolute atomic E-state index is 0.162. The molecular weight excluding hydrogens is 190 g/mol. The van der Waals surface area contributed by atoms with Gasteiger partial charge in [0.05, 0.1) is 12.2 Å². The van der Waals surface area contributed by atoms with E-state index < -0.39 is 0 Å². The lowest BCUT2D eigenvalue weighted by Crippen LogP contribution is -2.41. The standard InChI is InChI=1S/C12H25NO2/c1-12(2,3)7-9(14)8-13-10-5-4-6-11(10)15/h9-11,13-15H,4-8H2,1-3H3. The molecule has 0 aromatic carbocycles. The van der Waals surface area contributed by atoms with Gasteiger partial charge in [-0.1, -0.05) is 20.8 Å². The Kier molecular flexibility index (Phi) is 4.56. The van der Waals surface area contributed by atoms with E-state index in [4.69, 9.17) is 0 Å². The van der Waals surface area contributed by atoms with Gasteiger partial charge < -0.3 is 15.5 Å². The van der Waals surface area contributed by atoms with Crippen molar-refractivity contribution in [3.8, 4) is 0 Å². The van der Waals surface area contributed by atoms with Crippen LogP contribution in [0.3, 0.4) is 0 Å². The van der Waals surface area contributed by atoms with Gasteiger partial charge in [-0.05, 0) is 31.1 Å². The van der Waals surface area contributed by atoms with Gasteiger partial charge in [0.15, 0.2) is 0 Å². The molecule has 0 saturated heterocycles. The summed E-state index contributed by atoms with van der Waals surface area (Å²) in [5, 5.41) is 22.6. The van der Waals surface area contributed by atoms with Crippen molar-refractivity contribution in [2.24, 2.45) is 5.41 Å². The molecule has 3 unspecified atom stereocenters. The molecule has 0 aromatic heterocycles. The zero-order valence-electron chi connectivity index (χ0n) is 10.2. The zero-order valence-corrected chi connectivity index (χ0v) is 10.2. The SMILES string of the molecule is CC(C)(C)CC(O)CNC1CCCC1O. The first-order valence-electron chi connectivity index (χ1n) is 5.98. The number of nitrogens with one attached hydrogen (secondary N) is 1. The van der Waals surface area contributed by atoms with Crippen LogP contribution in [-0.4, -0.2) is 35.0 Å². The highest BCUT2D eigenvalue weighted by molar-refractivity contribution is 4.83. The molecule has 1 fully saturated rings. The third-order valence-corrected chi connectivity index (χ3v) is 2.94. The molecule has 3 nitrogen and oxygen atoms in total.